The van der Waals surface area contributed by atoms with Crippen LogP contribution >= 0.6 is 12.2 Å². The maximum Gasteiger partial charge on any atom is 0.513 e. The second-order valence-electron chi connectivity index (χ2n) is 10.6. The lowest BCUT2D eigenvalue weighted by Gasteiger charge is -2.36. The lowest BCUT2D eigenvalue weighted by molar-refractivity contribution is 0.0224. The van der Waals surface area contributed by atoms with E-state index < -0.39 is 17.7 Å². The topological polar surface area (TPSA) is 162 Å². The van der Waals surface area contributed by atoms with E-state index in [1.165, 1.54) is 43.3 Å². The molecule has 4 aromatic rings. The third kappa shape index (κ3) is 6.39. The van der Waals surface area contributed by atoms with Gasteiger partial charge in [-0.25, -0.2) is 9.59 Å². The van der Waals surface area contributed by atoms with Gasteiger partial charge in [0.05, 0.1) is 18.8 Å². The fourth-order valence-electron chi connectivity index (χ4n) is 5.36. The average Bonchev–Trinajstić information content (AvgIpc) is 3.32. The molecule has 0 fully saturated rings. The smallest absolute Gasteiger partial charge is 0.508 e. The minimum atomic E-state index is -1.35. The number of Topliss-reactive ketones (excluding diaryl/α,β-unsaturated/α-hetero) is 1. The highest BCUT2D eigenvalue weighted by Crippen LogP contribution is 2.57. The fourth-order valence-corrected chi connectivity index (χ4v) is 5.58. The van der Waals surface area contributed by atoms with E-state index in [1.54, 1.807) is 42.5 Å². The maximum absolute atomic E-state index is 13.3. The third-order valence-corrected chi connectivity index (χ3v) is 7.72. The van der Waals surface area contributed by atoms with E-state index in [-0.39, 0.29) is 48.0 Å². The molecule has 4 N–H and O–H groups in total. The molecule has 0 bridgehead atoms. The number of carbonyl (C=O) groups excluding carboxylic acids is 3. The van der Waals surface area contributed by atoms with E-state index in [9.17, 15) is 24.6 Å². The predicted octanol–water partition coefficient (Wildman–Crippen LogP) is 5.39. The van der Waals surface area contributed by atoms with Crippen molar-refractivity contribution in [2.24, 2.45) is 0 Å². The van der Waals surface area contributed by atoms with Crippen molar-refractivity contribution in [2.45, 2.75) is 12.5 Å². The van der Waals surface area contributed by atoms with Gasteiger partial charge in [0.1, 0.15) is 35.4 Å². The first-order valence-corrected chi connectivity index (χ1v) is 14.9. The Hall–Kier alpha value is -5.66. The summed E-state index contributed by atoms with van der Waals surface area (Å²) >= 11 is 5.40. The van der Waals surface area contributed by atoms with Crippen LogP contribution in [0.4, 0.5) is 10.5 Å². The first-order valence-electron chi connectivity index (χ1n) is 14.4. The monoisotopic (exact) mass is 656 g/mol. The summed E-state index contributed by atoms with van der Waals surface area (Å²) in [6, 6.07) is 20.4. The number of ether oxygens (including phenoxy) is 5. The Kier molecular flexibility index (Phi) is 8.66. The summed E-state index contributed by atoms with van der Waals surface area (Å²) in [7, 11) is 0. The van der Waals surface area contributed by atoms with Gasteiger partial charge in [-0.2, -0.15) is 0 Å². The van der Waals surface area contributed by atoms with Crippen LogP contribution in [0.1, 0.15) is 44.3 Å². The van der Waals surface area contributed by atoms with Gasteiger partial charge in [0.25, 0.3) is 0 Å². The van der Waals surface area contributed by atoms with Crippen molar-refractivity contribution in [3.05, 3.63) is 107 Å². The molecule has 0 saturated carbocycles. The summed E-state index contributed by atoms with van der Waals surface area (Å²) in [6.07, 6.45) is -0.888. The van der Waals surface area contributed by atoms with Crippen molar-refractivity contribution in [1.29, 1.82) is 0 Å². The Labute approximate surface area is 273 Å². The Morgan fingerprint density at radius 1 is 0.851 bits per heavy atom. The predicted molar refractivity (Wildman–Crippen MR) is 171 cm³/mol. The number of benzene rings is 4. The van der Waals surface area contributed by atoms with E-state index in [1.807, 2.05) is 0 Å². The first kappa shape index (κ1) is 31.3. The number of esters is 1. The van der Waals surface area contributed by atoms with Crippen LogP contribution in [0, 0.1) is 0 Å². The third-order valence-electron chi connectivity index (χ3n) is 7.47. The van der Waals surface area contributed by atoms with E-state index in [0.717, 1.165) is 0 Å². The molecular formula is C34H28N2O10S. The SMILES string of the molecule is CC(=O)c1ccc(OC(=O)OCCOCCNC(=S)Nc2ccc3c(c2)C(=O)OC32c3ccc(O)cc3Oc3cc(O)ccc32)cc1. The van der Waals surface area contributed by atoms with Crippen LogP contribution in [0.5, 0.6) is 28.7 Å². The number of rotatable bonds is 9. The number of aromatic hydroxyl groups is 2. The quantitative estimate of drug-likeness (QED) is 0.0597. The number of phenols is 2. The van der Waals surface area contributed by atoms with Crippen LogP contribution in [0.15, 0.2) is 78.9 Å². The molecule has 12 nitrogen and oxygen atoms in total. The standard InChI is InChI=1S/C34H28N2O10S/c1-19(37)20-2-7-24(8-3-20)44-33(41)43-15-14-42-13-12-35-32(47)36-21-4-9-26-25(16-21)31(40)46-34(26)27-10-5-22(38)17-29(27)45-30-18-23(39)6-11-28(30)34/h2-11,16-18,38-39H,12-15H2,1H3,(H2,35,36,47). The molecule has 1 spiro atoms. The summed E-state index contributed by atoms with van der Waals surface area (Å²) in [5, 5.41) is 26.5. The molecule has 0 radical (unpaired) electrons. The Balaban J connectivity index is 1.01. The zero-order chi connectivity index (χ0) is 33.1. The summed E-state index contributed by atoms with van der Waals surface area (Å²) in [5.74, 6) is 0.138. The fraction of sp³-hybridized carbons (Fsp3) is 0.176. The number of anilines is 1. The van der Waals surface area contributed by atoms with E-state index in [2.05, 4.69) is 10.6 Å². The Morgan fingerprint density at radius 3 is 2.17 bits per heavy atom. The van der Waals surface area contributed by atoms with Crippen LogP contribution in [-0.4, -0.2) is 59.6 Å². The number of hydrogen-bond donors (Lipinski definition) is 4. The lowest BCUT2D eigenvalue weighted by Crippen LogP contribution is -2.33. The summed E-state index contributed by atoms with van der Waals surface area (Å²) < 4.78 is 27.6. The van der Waals surface area contributed by atoms with Gasteiger partial charge in [0.15, 0.2) is 16.5 Å². The van der Waals surface area contributed by atoms with Gasteiger partial charge >= 0.3 is 12.1 Å². The van der Waals surface area contributed by atoms with Crippen LogP contribution in [-0.2, 0) is 19.8 Å². The Morgan fingerprint density at radius 2 is 1.51 bits per heavy atom. The van der Waals surface area contributed by atoms with Crippen molar-refractivity contribution in [2.75, 3.05) is 31.7 Å². The van der Waals surface area contributed by atoms with Crippen molar-refractivity contribution in [3.8, 4) is 28.7 Å². The summed E-state index contributed by atoms with van der Waals surface area (Å²) in [6.45, 7) is 2.16. The van der Waals surface area contributed by atoms with Crippen LogP contribution in [0.3, 0.4) is 0 Å². The zero-order valence-electron chi connectivity index (χ0n) is 24.9. The van der Waals surface area contributed by atoms with Gasteiger partial charge in [-0.1, -0.05) is 6.07 Å². The number of fused-ring (bicyclic) bond motifs is 6. The summed E-state index contributed by atoms with van der Waals surface area (Å²) in [5.41, 5.74) is 1.64. The normalized spacial score (nSPS) is 13.3. The largest absolute Gasteiger partial charge is 0.513 e. The number of thiocarbonyl (C=S) groups is 1. The number of ketones is 1. The van der Waals surface area contributed by atoms with Crippen LogP contribution < -0.4 is 20.1 Å². The average molecular weight is 657 g/mol. The molecule has 2 aliphatic rings. The van der Waals surface area contributed by atoms with Gasteiger partial charge in [0, 0.05) is 46.6 Å². The number of nitrogens with one attached hydrogen (secondary N) is 2. The molecule has 4 aromatic carbocycles. The van der Waals surface area contributed by atoms with Crippen molar-refractivity contribution in [1.82, 2.24) is 5.32 Å². The highest BCUT2D eigenvalue weighted by Gasteiger charge is 2.53. The molecule has 0 atom stereocenters. The molecule has 6 rings (SSSR count). The number of carbonyl (C=O) groups is 3. The van der Waals surface area contributed by atoms with E-state index >= 15 is 0 Å². The molecule has 240 valence electrons. The molecule has 13 heteroatoms. The molecular weight excluding hydrogens is 628 g/mol. The highest BCUT2D eigenvalue weighted by atomic mass is 32.1. The van der Waals surface area contributed by atoms with Gasteiger partial charge < -0.3 is 44.5 Å². The molecule has 0 amide bonds. The van der Waals surface area contributed by atoms with Crippen molar-refractivity contribution >= 4 is 40.9 Å². The van der Waals surface area contributed by atoms with E-state index in [0.29, 0.717) is 51.5 Å². The zero-order valence-corrected chi connectivity index (χ0v) is 25.7. The van der Waals surface area contributed by atoms with Crippen LogP contribution in [0.2, 0.25) is 0 Å². The molecule has 2 aliphatic heterocycles. The van der Waals surface area contributed by atoms with Gasteiger partial charge in [-0.15, -0.1) is 0 Å². The second kappa shape index (κ2) is 13.0. The molecule has 0 aliphatic carbocycles. The van der Waals surface area contributed by atoms with Gasteiger partial charge in [-0.3, -0.25) is 4.79 Å². The Bertz CT molecular complexity index is 1840. The highest BCUT2D eigenvalue weighted by molar-refractivity contribution is 7.80. The molecule has 2 heterocycles. The molecule has 0 aromatic heterocycles. The second-order valence-corrected chi connectivity index (χ2v) is 11.0. The minimum Gasteiger partial charge on any atom is -0.508 e. The van der Waals surface area contributed by atoms with Gasteiger partial charge in [-0.05, 0) is 79.8 Å². The van der Waals surface area contributed by atoms with Crippen LogP contribution in [0.25, 0.3) is 0 Å². The molecule has 0 saturated heterocycles. The van der Waals surface area contributed by atoms with Crippen molar-refractivity contribution < 1.29 is 48.3 Å². The van der Waals surface area contributed by atoms with Gasteiger partial charge in [0.2, 0.25) is 0 Å². The molecule has 0 unspecified atom stereocenters. The summed E-state index contributed by atoms with van der Waals surface area (Å²) in [4.78, 5) is 36.5. The first-order chi connectivity index (χ1) is 22.6. The minimum absolute atomic E-state index is 0.0246. The lowest BCUT2D eigenvalue weighted by atomic mass is 9.77. The van der Waals surface area contributed by atoms with E-state index in [4.69, 9.17) is 35.9 Å². The maximum atomic E-state index is 13.3. The molecule has 47 heavy (non-hydrogen) atoms. The van der Waals surface area contributed by atoms with Crippen molar-refractivity contribution in [3.63, 3.8) is 0 Å². The number of phenolic OH excluding ortho intramolecular Hbond substituents is 2. The number of hydrogen-bond acceptors (Lipinski definition) is 11.